The predicted octanol–water partition coefficient (Wildman–Crippen LogP) is 4.01. The molecule has 2 rings (SSSR count). The van der Waals surface area contributed by atoms with Gasteiger partial charge in [-0.25, -0.2) is 13.8 Å². The van der Waals surface area contributed by atoms with Crippen LogP contribution in [0.15, 0.2) is 23.6 Å². The van der Waals surface area contributed by atoms with Crippen LogP contribution >= 0.6 is 11.3 Å². The summed E-state index contributed by atoms with van der Waals surface area (Å²) < 4.78 is 27.0. The lowest BCUT2D eigenvalue weighted by molar-refractivity contribution is 0.488. The van der Waals surface area contributed by atoms with Gasteiger partial charge in [-0.3, -0.25) is 0 Å². The Labute approximate surface area is 121 Å². The van der Waals surface area contributed by atoms with E-state index in [0.29, 0.717) is 12.0 Å². The first-order valence-corrected chi connectivity index (χ1v) is 7.57. The van der Waals surface area contributed by atoms with Crippen LogP contribution in [0.25, 0.3) is 0 Å². The first-order chi connectivity index (χ1) is 9.60. The molecule has 0 fully saturated rings. The number of benzene rings is 1. The van der Waals surface area contributed by atoms with E-state index in [4.69, 9.17) is 0 Å². The van der Waals surface area contributed by atoms with Gasteiger partial charge >= 0.3 is 0 Å². The molecule has 2 nitrogen and oxygen atoms in total. The summed E-state index contributed by atoms with van der Waals surface area (Å²) in [5.74, 6) is -1.06. The summed E-state index contributed by atoms with van der Waals surface area (Å²) in [5.41, 5.74) is 1.43. The summed E-state index contributed by atoms with van der Waals surface area (Å²) in [6.07, 6.45) is 1.56. The van der Waals surface area contributed by atoms with Crippen molar-refractivity contribution in [3.63, 3.8) is 0 Å². The van der Waals surface area contributed by atoms with Crippen LogP contribution in [0.5, 0.6) is 0 Å². The number of halogens is 2. The second-order valence-electron chi connectivity index (χ2n) is 4.73. The Morgan fingerprint density at radius 2 is 2.15 bits per heavy atom. The van der Waals surface area contributed by atoms with Gasteiger partial charge in [-0.05, 0) is 26.0 Å². The molecule has 5 heteroatoms. The van der Waals surface area contributed by atoms with Gasteiger partial charge in [0.05, 0.1) is 10.7 Å². The SMILES string of the molecule is CCCNC(Cc1csc(C)n1)c1ccc(F)cc1F. The van der Waals surface area contributed by atoms with E-state index in [-0.39, 0.29) is 6.04 Å². The van der Waals surface area contributed by atoms with E-state index >= 15 is 0 Å². The number of nitrogens with zero attached hydrogens (tertiary/aromatic N) is 1. The fraction of sp³-hybridized carbons (Fsp3) is 0.400. The van der Waals surface area contributed by atoms with Crippen molar-refractivity contribution in [3.05, 3.63) is 51.5 Å². The minimum Gasteiger partial charge on any atom is -0.310 e. The summed E-state index contributed by atoms with van der Waals surface area (Å²) in [6, 6.07) is 3.56. The van der Waals surface area contributed by atoms with Crippen LogP contribution in [-0.4, -0.2) is 11.5 Å². The van der Waals surface area contributed by atoms with E-state index in [1.165, 1.54) is 12.1 Å². The Bertz CT molecular complexity index is 569. The Morgan fingerprint density at radius 1 is 1.35 bits per heavy atom. The summed E-state index contributed by atoms with van der Waals surface area (Å²) in [4.78, 5) is 4.41. The topological polar surface area (TPSA) is 24.9 Å². The third-order valence-electron chi connectivity index (χ3n) is 3.06. The van der Waals surface area contributed by atoms with E-state index in [1.54, 1.807) is 11.3 Å². The van der Waals surface area contributed by atoms with Gasteiger partial charge < -0.3 is 5.32 Å². The van der Waals surface area contributed by atoms with Gasteiger partial charge in [0.15, 0.2) is 0 Å². The normalized spacial score (nSPS) is 12.6. The quantitative estimate of drug-likeness (QED) is 0.871. The van der Waals surface area contributed by atoms with Crippen molar-refractivity contribution in [2.75, 3.05) is 6.54 Å². The van der Waals surface area contributed by atoms with Crippen molar-refractivity contribution in [1.29, 1.82) is 0 Å². The smallest absolute Gasteiger partial charge is 0.130 e. The molecule has 1 atom stereocenters. The number of aryl methyl sites for hydroxylation is 1. The maximum atomic E-state index is 13.9. The first kappa shape index (κ1) is 15.1. The molecule has 0 amide bonds. The van der Waals surface area contributed by atoms with Crippen molar-refractivity contribution in [1.82, 2.24) is 10.3 Å². The van der Waals surface area contributed by atoms with Gasteiger partial charge in [0.2, 0.25) is 0 Å². The highest BCUT2D eigenvalue weighted by atomic mass is 32.1. The van der Waals surface area contributed by atoms with Crippen LogP contribution in [0.1, 0.15) is 35.7 Å². The lowest BCUT2D eigenvalue weighted by Gasteiger charge is -2.18. The van der Waals surface area contributed by atoms with Gasteiger partial charge in [0.1, 0.15) is 11.6 Å². The molecule has 108 valence electrons. The maximum Gasteiger partial charge on any atom is 0.130 e. The minimum atomic E-state index is -0.551. The maximum absolute atomic E-state index is 13.9. The molecule has 1 unspecified atom stereocenters. The molecule has 0 radical (unpaired) electrons. The number of rotatable bonds is 6. The third kappa shape index (κ3) is 3.84. The molecule has 0 saturated heterocycles. The second kappa shape index (κ2) is 6.90. The molecule has 0 saturated carbocycles. The molecule has 20 heavy (non-hydrogen) atoms. The summed E-state index contributed by atoms with van der Waals surface area (Å²) in [5, 5.41) is 6.28. The van der Waals surface area contributed by atoms with Crippen molar-refractivity contribution in [2.45, 2.75) is 32.7 Å². The van der Waals surface area contributed by atoms with E-state index in [1.807, 2.05) is 12.3 Å². The number of aromatic nitrogens is 1. The fourth-order valence-electron chi connectivity index (χ4n) is 2.11. The van der Waals surface area contributed by atoms with E-state index in [0.717, 1.165) is 29.7 Å². The average Bonchev–Trinajstić information content (AvgIpc) is 2.80. The van der Waals surface area contributed by atoms with Crippen LogP contribution < -0.4 is 5.32 Å². The second-order valence-corrected chi connectivity index (χ2v) is 5.80. The van der Waals surface area contributed by atoms with Crippen molar-refractivity contribution in [2.24, 2.45) is 0 Å². The molecular formula is C15H18F2N2S. The van der Waals surface area contributed by atoms with Crippen LogP contribution in [0.4, 0.5) is 8.78 Å². The zero-order chi connectivity index (χ0) is 14.5. The van der Waals surface area contributed by atoms with Crippen LogP contribution in [0.3, 0.4) is 0 Å². The van der Waals surface area contributed by atoms with Crippen LogP contribution in [-0.2, 0) is 6.42 Å². The minimum absolute atomic E-state index is 0.183. The fourth-order valence-corrected chi connectivity index (χ4v) is 2.73. The number of hydrogen-bond acceptors (Lipinski definition) is 3. The summed E-state index contributed by atoms with van der Waals surface area (Å²) in [7, 11) is 0. The highest BCUT2D eigenvalue weighted by Gasteiger charge is 2.17. The van der Waals surface area contributed by atoms with Crippen molar-refractivity contribution in [3.8, 4) is 0 Å². The van der Waals surface area contributed by atoms with Gasteiger partial charge in [-0.2, -0.15) is 0 Å². The Kier molecular flexibility index (Phi) is 5.20. The van der Waals surface area contributed by atoms with Gasteiger partial charge in [0.25, 0.3) is 0 Å². The van der Waals surface area contributed by atoms with Gasteiger partial charge in [0, 0.05) is 29.5 Å². The zero-order valence-corrected chi connectivity index (χ0v) is 12.4. The van der Waals surface area contributed by atoms with E-state index in [2.05, 4.69) is 17.2 Å². The van der Waals surface area contributed by atoms with Crippen LogP contribution in [0, 0.1) is 18.6 Å². The molecule has 0 aliphatic carbocycles. The number of thiazole rings is 1. The summed E-state index contributed by atoms with van der Waals surface area (Å²) >= 11 is 1.58. The van der Waals surface area contributed by atoms with E-state index < -0.39 is 11.6 Å². The first-order valence-electron chi connectivity index (χ1n) is 6.69. The molecular weight excluding hydrogens is 278 g/mol. The zero-order valence-electron chi connectivity index (χ0n) is 11.6. The Morgan fingerprint density at radius 3 is 2.75 bits per heavy atom. The number of hydrogen-bond donors (Lipinski definition) is 1. The molecule has 0 bridgehead atoms. The molecule has 1 aromatic heterocycles. The largest absolute Gasteiger partial charge is 0.310 e. The standard InChI is InChI=1S/C15H18F2N2S/c1-3-6-18-15(8-12-9-20-10(2)19-12)13-5-4-11(16)7-14(13)17/h4-5,7,9,15,18H,3,6,8H2,1-2H3. The highest BCUT2D eigenvalue weighted by Crippen LogP contribution is 2.23. The lowest BCUT2D eigenvalue weighted by Crippen LogP contribution is -2.25. The highest BCUT2D eigenvalue weighted by molar-refractivity contribution is 7.09. The van der Waals surface area contributed by atoms with Crippen molar-refractivity contribution >= 4 is 11.3 Å². The number of nitrogens with one attached hydrogen (secondary N) is 1. The Hall–Kier alpha value is -1.33. The molecule has 1 heterocycles. The monoisotopic (exact) mass is 296 g/mol. The molecule has 0 spiro atoms. The van der Waals surface area contributed by atoms with Crippen LogP contribution in [0.2, 0.25) is 0 Å². The lowest BCUT2D eigenvalue weighted by atomic mass is 10.0. The molecule has 1 aromatic carbocycles. The molecule has 1 N–H and O–H groups in total. The molecule has 0 aliphatic rings. The average molecular weight is 296 g/mol. The predicted molar refractivity (Wildman–Crippen MR) is 77.9 cm³/mol. The Balaban J connectivity index is 2.22. The van der Waals surface area contributed by atoms with Crippen molar-refractivity contribution < 1.29 is 8.78 Å². The molecule has 0 aliphatic heterocycles. The molecule has 2 aromatic rings. The van der Waals surface area contributed by atoms with E-state index in [9.17, 15) is 8.78 Å². The third-order valence-corrected chi connectivity index (χ3v) is 3.88. The van der Waals surface area contributed by atoms with Gasteiger partial charge in [-0.15, -0.1) is 11.3 Å². The summed E-state index contributed by atoms with van der Waals surface area (Å²) in [6.45, 7) is 4.78. The van der Waals surface area contributed by atoms with Gasteiger partial charge in [-0.1, -0.05) is 13.0 Å².